The van der Waals surface area contributed by atoms with Crippen LogP contribution in [0, 0.1) is 0 Å². The Balaban J connectivity index is 3.55. The molecule has 0 saturated carbocycles. The van der Waals surface area contributed by atoms with Crippen LogP contribution in [0.15, 0.2) is 0 Å². The summed E-state index contributed by atoms with van der Waals surface area (Å²) in [5.74, 6) is -2.50. The molecule has 0 aliphatic heterocycles. The molecule has 0 heterocycles. The number of carboxylic acids is 2. The molecule has 1 amide bonds. The van der Waals surface area contributed by atoms with Crippen molar-refractivity contribution in [2.24, 2.45) is 0 Å². The van der Waals surface area contributed by atoms with Crippen LogP contribution >= 0.6 is 23.2 Å². The Morgan fingerprint density at radius 3 is 1.47 bits per heavy atom. The van der Waals surface area contributed by atoms with Crippen molar-refractivity contribution in [3.05, 3.63) is 0 Å². The standard InChI is InChI=1S/C22H39Cl2NO5/c23-16-14-12-10-8-6-4-2-1-3-5-7-9-11-13-15-18(24)21(28)25-19(22(29)30)17-20(26)27/h18-19H,1-17H2,(H,25,28)(H,26,27)(H,29,30). The van der Waals surface area contributed by atoms with Gasteiger partial charge in [0.2, 0.25) is 5.91 Å². The van der Waals surface area contributed by atoms with Gasteiger partial charge in [0.25, 0.3) is 0 Å². The van der Waals surface area contributed by atoms with E-state index in [1.54, 1.807) is 0 Å². The van der Waals surface area contributed by atoms with Gasteiger partial charge >= 0.3 is 11.9 Å². The maximum atomic E-state index is 11.9. The van der Waals surface area contributed by atoms with Crippen LogP contribution in [0.25, 0.3) is 0 Å². The molecular formula is C22H39Cl2NO5. The van der Waals surface area contributed by atoms with Gasteiger partial charge in [-0.2, -0.15) is 0 Å². The number of carboxylic acid groups (broad SMARTS) is 2. The number of aliphatic carboxylic acids is 2. The van der Waals surface area contributed by atoms with Crippen molar-refractivity contribution in [3.63, 3.8) is 0 Å². The minimum Gasteiger partial charge on any atom is -0.481 e. The van der Waals surface area contributed by atoms with Crippen molar-refractivity contribution in [1.82, 2.24) is 5.32 Å². The molecular weight excluding hydrogens is 429 g/mol. The van der Waals surface area contributed by atoms with Gasteiger partial charge in [0.1, 0.15) is 11.4 Å². The molecule has 2 unspecified atom stereocenters. The molecule has 0 rings (SSSR count). The molecule has 0 aromatic rings. The lowest BCUT2D eigenvalue weighted by Crippen LogP contribution is -2.45. The van der Waals surface area contributed by atoms with E-state index in [2.05, 4.69) is 5.32 Å². The maximum Gasteiger partial charge on any atom is 0.326 e. The molecule has 0 aromatic carbocycles. The number of halogens is 2. The molecule has 176 valence electrons. The van der Waals surface area contributed by atoms with Crippen LogP contribution in [0.3, 0.4) is 0 Å². The Kier molecular flexibility index (Phi) is 19.3. The Morgan fingerprint density at radius 1 is 0.700 bits per heavy atom. The summed E-state index contributed by atoms with van der Waals surface area (Å²) in [5.41, 5.74) is 0. The molecule has 0 aliphatic rings. The second kappa shape index (κ2) is 19.9. The zero-order valence-corrected chi connectivity index (χ0v) is 19.6. The van der Waals surface area contributed by atoms with Crippen LogP contribution in [0.4, 0.5) is 0 Å². The SMILES string of the molecule is O=C(O)CC(NC(=O)C(Cl)CCCCCCCCCCCCCCCCCl)C(=O)O. The van der Waals surface area contributed by atoms with E-state index in [1.807, 2.05) is 0 Å². The summed E-state index contributed by atoms with van der Waals surface area (Å²) in [6.45, 7) is 0. The fourth-order valence-electron chi connectivity index (χ4n) is 3.31. The number of nitrogens with one attached hydrogen (secondary N) is 1. The molecule has 2 atom stereocenters. The van der Waals surface area contributed by atoms with Crippen LogP contribution in [-0.2, 0) is 14.4 Å². The number of carbonyl (C=O) groups is 3. The molecule has 8 heteroatoms. The fourth-order valence-corrected chi connectivity index (χ4v) is 3.71. The second-order valence-corrected chi connectivity index (χ2v) is 8.80. The summed E-state index contributed by atoms with van der Waals surface area (Å²) in [4.78, 5) is 33.5. The minimum absolute atomic E-state index is 0.456. The Bertz CT molecular complexity index is 476. The Hall–Kier alpha value is -1.01. The zero-order chi connectivity index (χ0) is 22.6. The molecule has 0 radical (unpaired) electrons. The largest absolute Gasteiger partial charge is 0.481 e. The molecule has 0 saturated heterocycles. The van der Waals surface area contributed by atoms with Gasteiger partial charge in [-0.1, -0.05) is 83.5 Å². The highest BCUT2D eigenvalue weighted by Crippen LogP contribution is 2.15. The van der Waals surface area contributed by atoms with E-state index in [0.717, 1.165) is 31.6 Å². The average molecular weight is 468 g/mol. The third-order valence-corrected chi connectivity index (χ3v) is 5.80. The van der Waals surface area contributed by atoms with Crippen molar-refractivity contribution in [2.45, 2.75) is 114 Å². The van der Waals surface area contributed by atoms with Gasteiger partial charge in [-0.25, -0.2) is 4.79 Å². The van der Waals surface area contributed by atoms with E-state index in [9.17, 15) is 14.4 Å². The molecule has 0 fully saturated rings. The van der Waals surface area contributed by atoms with Crippen LogP contribution in [0.5, 0.6) is 0 Å². The highest BCUT2D eigenvalue weighted by molar-refractivity contribution is 6.30. The quantitative estimate of drug-likeness (QED) is 0.147. The van der Waals surface area contributed by atoms with Crippen LogP contribution in [0.2, 0.25) is 0 Å². The molecule has 0 aromatic heterocycles. The highest BCUT2D eigenvalue weighted by atomic mass is 35.5. The number of rotatable bonds is 21. The van der Waals surface area contributed by atoms with Crippen molar-refractivity contribution < 1.29 is 24.6 Å². The van der Waals surface area contributed by atoms with Gasteiger partial charge in [0, 0.05) is 5.88 Å². The van der Waals surface area contributed by atoms with Crippen LogP contribution in [-0.4, -0.2) is 45.4 Å². The van der Waals surface area contributed by atoms with Gasteiger partial charge in [-0.05, 0) is 12.8 Å². The Morgan fingerprint density at radius 2 is 1.10 bits per heavy atom. The number of unbranched alkanes of at least 4 members (excludes halogenated alkanes) is 13. The Labute approximate surface area is 191 Å². The number of alkyl halides is 2. The summed E-state index contributed by atoms with van der Waals surface area (Å²) in [6.07, 6.45) is 16.6. The summed E-state index contributed by atoms with van der Waals surface area (Å²) < 4.78 is 0. The third kappa shape index (κ3) is 17.8. The van der Waals surface area contributed by atoms with E-state index in [-0.39, 0.29) is 0 Å². The van der Waals surface area contributed by atoms with E-state index < -0.39 is 35.7 Å². The zero-order valence-electron chi connectivity index (χ0n) is 18.1. The smallest absolute Gasteiger partial charge is 0.326 e. The summed E-state index contributed by atoms with van der Waals surface area (Å²) in [6, 6.07) is -1.45. The van der Waals surface area contributed by atoms with E-state index in [0.29, 0.717) is 6.42 Å². The minimum atomic E-state index is -1.45. The molecule has 0 aliphatic carbocycles. The molecule has 6 nitrogen and oxygen atoms in total. The number of hydrogen-bond acceptors (Lipinski definition) is 3. The average Bonchev–Trinajstić information content (AvgIpc) is 2.69. The highest BCUT2D eigenvalue weighted by Gasteiger charge is 2.25. The summed E-state index contributed by atoms with van der Waals surface area (Å²) in [5, 5.41) is 19.0. The third-order valence-electron chi connectivity index (χ3n) is 5.12. The van der Waals surface area contributed by atoms with E-state index >= 15 is 0 Å². The number of hydrogen-bond donors (Lipinski definition) is 3. The number of carbonyl (C=O) groups excluding carboxylic acids is 1. The first kappa shape index (κ1) is 29.0. The van der Waals surface area contributed by atoms with Crippen molar-refractivity contribution >= 4 is 41.0 Å². The first-order valence-electron chi connectivity index (χ1n) is 11.3. The van der Waals surface area contributed by atoms with Crippen molar-refractivity contribution in [1.29, 1.82) is 0 Å². The first-order valence-corrected chi connectivity index (χ1v) is 12.3. The lowest BCUT2D eigenvalue weighted by molar-refractivity contribution is -0.147. The second-order valence-electron chi connectivity index (χ2n) is 7.89. The topological polar surface area (TPSA) is 104 Å². The fraction of sp³-hybridized carbons (Fsp3) is 0.864. The van der Waals surface area contributed by atoms with Crippen molar-refractivity contribution in [2.75, 3.05) is 5.88 Å². The van der Waals surface area contributed by atoms with Gasteiger partial charge < -0.3 is 15.5 Å². The van der Waals surface area contributed by atoms with Gasteiger partial charge in [-0.3, -0.25) is 9.59 Å². The molecule has 3 N–H and O–H groups in total. The maximum absolute atomic E-state index is 11.9. The number of amides is 1. The van der Waals surface area contributed by atoms with Gasteiger partial charge in [0.15, 0.2) is 0 Å². The first-order chi connectivity index (χ1) is 14.4. The molecule has 0 bridgehead atoms. The van der Waals surface area contributed by atoms with Crippen LogP contribution < -0.4 is 5.32 Å². The normalized spacial score (nSPS) is 13.0. The lowest BCUT2D eigenvalue weighted by Gasteiger charge is -2.15. The summed E-state index contributed by atoms with van der Waals surface area (Å²) in [7, 11) is 0. The van der Waals surface area contributed by atoms with E-state index in [1.165, 1.54) is 64.2 Å². The van der Waals surface area contributed by atoms with Crippen molar-refractivity contribution in [3.8, 4) is 0 Å². The molecule has 30 heavy (non-hydrogen) atoms. The predicted molar refractivity (Wildman–Crippen MR) is 121 cm³/mol. The van der Waals surface area contributed by atoms with Gasteiger partial charge in [-0.15, -0.1) is 23.2 Å². The van der Waals surface area contributed by atoms with E-state index in [4.69, 9.17) is 33.4 Å². The van der Waals surface area contributed by atoms with Gasteiger partial charge in [0.05, 0.1) is 6.42 Å². The molecule has 0 spiro atoms. The lowest BCUT2D eigenvalue weighted by atomic mass is 10.0. The monoisotopic (exact) mass is 467 g/mol. The summed E-state index contributed by atoms with van der Waals surface area (Å²) >= 11 is 11.7. The predicted octanol–water partition coefficient (Wildman–Crippen LogP) is 5.73. The van der Waals surface area contributed by atoms with Crippen LogP contribution in [0.1, 0.15) is 103 Å².